The molecule has 1 aliphatic carbocycles. The molecule has 188 valence electrons. The molecule has 0 unspecified atom stereocenters. The SMILES string of the molecule is C[C@H]1CN(C)CC[C@H]1Nc1cccc2c1cc(-c1ncc(CNC(=O)C3CC3)s1)n2CC(F)(F)F. The van der Waals surface area contributed by atoms with Crippen LogP contribution in [0.25, 0.3) is 21.6 Å². The summed E-state index contributed by atoms with van der Waals surface area (Å²) in [6.45, 7) is 3.41. The Morgan fingerprint density at radius 3 is 2.77 bits per heavy atom. The van der Waals surface area contributed by atoms with Crippen molar-refractivity contribution in [3.05, 3.63) is 35.3 Å². The number of benzene rings is 1. The predicted molar refractivity (Wildman–Crippen MR) is 132 cm³/mol. The van der Waals surface area contributed by atoms with Gasteiger partial charge in [0.15, 0.2) is 0 Å². The minimum Gasteiger partial charge on any atom is -0.381 e. The van der Waals surface area contributed by atoms with Crippen molar-refractivity contribution in [1.82, 2.24) is 19.8 Å². The first kappa shape index (κ1) is 24.1. The third kappa shape index (κ3) is 5.48. The molecular weight excluding hydrogens is 475 g/mol. The van der Waals surface area contributed by atoms with E-state index in [2.05, 4.69) is 34.5 Å². The zero-order valence-corrected chi connectivity index (χ0v) is 20.7. The molecule has 35 heavy (non-hydrogen) atoms. The third-order valence-electron chi connectivity index (χ3n) is 6.89. The summed E-state index contributed by atoms with van der Waals surface area (Å²) in [6, 6.07) is 7.55. The van der Waals surface area contributed by atoms with Gasteiger partial charge in [0.2, 0.25) is 5.91 Å². The molecular formula is C25H30F3N5OS. The number of anilines is 1. The summed E-state index contributed by atoms with van der Waals surface area (Å²) in [4.78, 5) is 19.5. The average Bonchev–Trinajstić information content (AvgIpc) is 3.44. The Morgan fingerprint density at radius 1 is 1.26 bits per heavy atom. The molecule has 5 rings (SSSR count). The molecule has 2 fully saturated rings. The second-order valence-electron chi connectivity index (χ2n) is 9.87. The largest absolute Gasteiger partial charge is 0.406 e. The van der Waals surface area contributed by atoms with Gasteiger partial charge >= 0.3 is 6.18 Å². The van der Waals surface area contributed by atoms with Gasteiger partial charge in [0.1, 0.15) is 11.6 Å². The van der Waals surface area contributed by atoms with E-state index in [4.69, 9.17) is 0 Å². The van der Waals surface area contributed by atoms with Crippen molar-refractivity contribution in [1.29, 1.82) is 0 Å². The number of piperidine rings is 1. The van der Waals surface area contributed by atoms with Crippen molar-refractivity contribution in [3.8, 4) is 10.7 Å². The Morgan fingerprint density at radius 2 is 2.06 bits per heavy atom. The first-order valence-electron chi connectivity index (χ1n) is 12.0. The molecule has 2 aromatic heterocycles. The Hall–Kier alpha value is -2.59. The first-order valence-corrected chi connectivity index (χ1v) is 12.9. The fourth-order valence-corrected chi connectivity index (χ4v) is 5.75. The van der Waals surface area contributed by atoms with Crippen LogP contribution >= 0.6 is 11.3 Å². The minimum absolute atomic E-state index is 0.0324. The minimum atomic E-state index is -4.37. The number of alkyl halides is 3. The van der Waals surface area contributed by atoms with Crippen LogP contribution in [0, 0.1) is 11.8 Å². The van der Waals surface area contributed by atoms with Crippen molar-refractivity contribution in [3.63, 3.8) is 0 Å². The zero-order valence-electron chi connectivity index (χ0n) is 19.9. The van der Waals surface area contributed by atoms with Gasteiger partial charge in [-0.05, 0) is 57.0 Å². The lowest BCUT2D eigenvalue weighted by Crippen LogP contribution is -2.43. The molecule has 3 aromatic rings. The number of hydrogen-bond donors (Lipinski definition) is 2. The number of likely N-dealkylation sites (tertiary alicyclic amines) is 1. The lowest BCUT2D eigenvalue weighted by molar-refractivity contribution is -0.139. The number of halogens is 3. The molecule has 1 aromatic carbocycles. The maximum atomic E-state index is 13.6. The summed E-state index contributed by atoms with van der Waals surface area (Å²) < 4.78 is 42.1. The van der Waals surface area contributed by atoms with Gasteiger partial charge in [-0.1, -0.05) is 13.0 Å². The molecule has 2 N–H and O–H groups in total. The molecule has 10 heteroatoms. The quantitative estimate of drug-likeness (QED) is 0.469. The summed E-state index contributed by atoms with van der Waals surface area (Å²) in [5.41, 5.74) is 1.81. The molecule has 1 saturated carbocycles. The molecule has 3 heterocycles. The predicted octanol–water partition coefficient (Wildman–Crippen LogP) is 5.11. The van der Waals surface area contributed by atoms with Crippen molar-refractivity contribution in [2.75, 3.05) is 25.5 Å². The number of carbonyl (C=O) groups excluding carboxylic acids is 1. The van der Waals surface area contributed by atoms with E-state index in [1.807, 2.05) is 18.2 Å². The monoisotopic (exact) mass is 505 g/mol. The molecule has 0 radical (unpaired) electrons. The Labute approximate surface area is 206 Å². The van der Waals surface area contributed by atoms with Crippen LogP contribution in [0.15, 0.2) is 30.5 Å². The molecule has 1 amide bonds. The van der Waals surface area contributed by atoms with Crippen LogP contribution in [-0.4, -0.2) is 52.7 Å². The number of rotatable bonds is 7. The van der Waals surface area contributed by atoms with Crippen LogP contribution < -0.4 is 10.6 Å². The van der Waals surface area contributed by atoms with Crippen LogP contribution in [0.5, 0.6) is 0 Å². The zero-order chi connectivity index (χ0) is 24.7. The number of amides is 1. The Kier molecular flexibility index (Phi) is 6.52. The Bertz CT molecular complexity index is 1220. The first-order chi connectivity index (χ1) is 16.7. The number of hydrogen-bond acceptors (Lipinski definition) is 5. The van der Waals surface area contributed by atoms with E-state index in [0.29, 0.717) is 28.7 Å². The highest BCUT2D eigenvalue weighted by Crippen LogP contribution is 2.37. The highest BCUT2D eigenvalue weighted by Gasteiger charge is 2.32. The van der Waals surface area contributed by atoms with Gasteiger partial charge in [-0.3, -0.25) is 4.79 Å². The third-order valence-corrected chi connectivity index (χ3v) is 7.91. The fourth-order valence-electron chi connectivity index (χ4n) is 4.88. The van der Waals surface area contributed by atoms with Gasteiger partial charge in [-0.2, -0.15) is 13.2 Å². The molecule has 6 nitrogen and oxygen atoms in total. The lowest BCUT2D eigenvalue weighted by Gasteiger charge is -2.36. The maximum Gasteiger partial charge on any atom is 0.406 e. The van der Waals surface area contributed by atoms with E-state index in [0.717, 1.165) is 48.3 Å². The number of aromatic nitrogens is 2. The average molecular weight is 506 g/mol. The van der Waals surface area contributed by atoms with E-state index in [1.54, 1.807) is 12.3 Å². The molecule has 2 atom stereocenters. The van der Waals surface area contributed by atoms with Gasteiger partial charge in [-0.15, -0.1) is 11.3 Å². The van der Waals surface area contributed by atoms with Crippen LogP contribution in [0.1, 0.15) is 31.1 Å². The molecule has 2 aliphatic rings. The number of nitrogens with zero attached hydrogens (tertiary/aromatic N) is 3. The normalized spacial score (nSPS) is 21.4. The molecule has 1 aliphatic heterocycles. The molecule has 1 saturated heterocycles. The van der Waals surface area contributed by atoms with E-state index in [9.17, 15) is 18.0 Å². The van der Waals surface area contributed by atoms with Crippen LogP contribution in [0.2, 0.25) is 0 Å². The summed E-state index contributed by atoms with van der Waals surface area (Å²) in [5, 5.41) is 7.79. The van der Waals surface area contributed by atoms with Crippen molar-refractivity contribution < 1.29 is 18.0 Å². The van der Waals surface area contributed by atoms with Crippen LogP contribution in [-0.2, 0) is 17.9 Å². The number of nitrogens with one attached hydrogen (secondary N) is 2. The van der Waals surface area contributed by atoms with Gasteiger partial charge in [0.25, 0.3) is 0 Å². The number of fused-ring (bicyclic) bond motifs is 1. The summed E-state index contributed by atoms with van der Waals surface area (Å²) in [5.74, 6) is 0.563. The molecule has 0 bridgehead atoms. The van der Waals surface area contributed by atoms with E-state index >= 15 is 0 Å². The van der Waals surface area contributed by atoms with Crippen molar-refractivity contribution in [2.24, 2.45) is 11.8 Å². The Balaban J connectivity index is 1.46. The van der Waals surface area contributed by atoms with Crippen LogP contribution in [0.4, 0.5) is 18.9 Å². The van der Waals surface area contributed by atoms with Crippen molar-refractivity contribution >= 4 is 33.8 Å². The summed E-state index contributed by atoms with van der Waals surface area (Å²) in [6.07, 6.45) is 0.0910. The fraction of sp³-hybridized carbons (Fsp3) is 0.520. The van der Waals surface area contributed by atoms with E-state index < -0.39 is 12.7 Å². The van der Waals surface area contributed by atoms with Crippen LogP contribution in [0.3, 0.4) is 0 Å². The van der Waals surface area contributed by atoms with E-state index in [-0.39, 0.29) is 17.9 Å². The summed E-state index contributed by atoms with van der Waals surface area (Å²) >= 11 is 1.32. The smallest absolute Gasteiger partial charge is 0.381 e. The maximum absolute atomic E-state index is 13.6. The summed E-state index contributed by atoms with van der Waals surface area (Å²) in [7, 11) is 2.11. The van der Waals surface area contributed by atoms with Gasteiger partial charge in [0.05, 0.1) is 17.8 Å². The van der Waals surface area contributed by atoms with Crippen molar-refractivity contribution in [2.45, 2.75) is 51.5 Å². The van der Waals surface area contributed by atoms with Gasteiger partial charge in [0, 0.05) is 40.7 Å². The lowest BCUT2D eigenvalue weighted by atomic mass is 9.94. The number of carbonyl (C=O) groups is 1. The molecule has 0 spiro atoms. The second kappa shape index (κ2) is 9.46. The second-order valence-corrected chi connectivity index (χ2v) is 11.0. The standard InChI is InChI=1S/C25H30F3N5OS/c1-15-13-32(2)9-8-19(15)31-20-4-3-5-21-18(20)10-22(33(21)14-25(26,27)28)24-30-12-17(35-24)11-29-23(34)16-6-7-16/h3-5,10,12,15-16,19,31H,6-9,11,13-14H2,1-2H3,(H,29,34)/t15-,19+/m0/s1. The topological polar surface area (TPSA) is 62.2 Å². The highest BCUT2D eigenvalue weighted by molar-refractivity contribution is 7.15. The highest BCUT2D eigenvalue weighted by atomic mass is 32.1. The van der Waals surface area contributed by atoms with E-state index in [1.165, 1.54) is 15.9 Å². The number of thiazole rings is 1. The van der Waals surface area contributed by atoms with Gasteiger partial charge in [-0.25, -0.2) is 4.98 Å². The van der Waals surface area contributed by atoms with Gasteiger partial charge < -0.3 is 20.1 Å².